The van der Waals surface area contributed by atoms with E-state index in [2.05, 4.69) is 15.9 Å². The van der Waals surface area contributed by atoms with Crippen LogP contribution in [-0.4, -0.2) is 30.8 Å². The van der Waals surface area contributed by atoms with Gasteiger partial charge in [-0.2, -0.15) is 0 Å². The van der Waals surface area contributed by atoms with Crippen molar-refractivity contribution in [3.63, 3.8) is 0 Å². The quantitative estimate of drug-likeness (QED) is 0.909. The summed E-state index contributed by atoms with van der Waals surface area (Å²) in [6.45, 7) is 0.266. The fourth-order valence-corrected chi connectivity index (χ4v) is 2.83. The molecule has 92 valence electrons. The van der Waals surface area contributed by atoms with Gasteiger partial charge in [-0.15, -0.1) is 0 Å². The number of rotatable bonds is 2. The predicted octanol–water partition coefficient (Wildman–Crippen LogP) is 2.21. The summed E-state index contributed by atoms with van der Waals surface area (Å²) in [6, 6.07) is 3.35. The van der Waals surface area contributed by atoms with Crippen LogP contribution in [0.15, 0.2) is 16.6 Å². The summed E-state index contributed by atoms with van der Waals surface area (Å²) >= 11 is 9.29. The third-order valence-corrected chi connectivity index (χ3v) is 3.40. The molecular formula is C11H11BrClNO3. The highest BCUT2D eigenvalue weighted by Gasteiger charge is 2.31. The van der Waals surface area contributed by atoms with Crippen LogP contribution in [0.3, 0.4) is 0 Å². The first-order valence-corrected chi connectivity index (χ1v) is 6.21. The smallest absolute Gasteiger partial charge is 0.229 e. The number of carbonyl (C=O) groups is 1. The second kappa shape index (κ2) is 4.84. The summed E-state index contributed by atoms with van der Waals surface area (Å²) < 4.78 is 5.92. The maximum Gasteiger partial charge on any atom is 0.229 e. The van der Waals surface area contributed by atoms with Crippen molar-refractivity contribution in [3.05, 3.63) is 21.6 Å². The second-order valence-electron chi connectivity index (χ2n) is 3.80. The first-order chi connectivity index (χ1) is 8.02. The maximum atomic E-state index is 11.7. The van der Waals surface area contributed by atoms with Crippen molar-refractivity contribution in [2.75, 3.05) is 18.6 Å². The molecule has 1 aliphatic rings. The van der Waals surface area contributed by atoms with Crippen molar-refractivity contribution < 1.29 is 14.6 Å². The molecule has 1 heterocycles. The Balaban J connectivity index is 2.47. The number of ether oxygens (including phenoxy) is 1. The molecular weight excluding hydrogens is 309 g/mol. The van der Waals surface area contributed by atoms with E-state index in [0.717, 1.165) is 0 Å². The lowest BCUT2D eigenvalue weighted by Crippen LogP contribution is -2.25. The van der Waals surface area contributed by atoms with Crippen LogP contribution in [0.2, 0.25) is 5.02 Å². The molecule has 1 N–H and O–H groups in total. The lowest BCUT2D eigenvalue weighted by atomic mass is 10.2. The van der Waals surface area contributed by atoms with E-state index in [0.29, 0.717) is 20.9 Å². The number of aliphatic hydroxyl groups is 1. The zero-order valence-electron chi connectivity index (χ0n) is 9.11. The van der Waals surface area contributed by atoms with Gasteiger partial charge in [-0.05, 0) is 28.1 Å². The number of hydrogen-bond acceptors (Lipinski definition) is 3. The van der Waals surface area contributed by atoms with E-state index in [9.17, 15) is 9.90 Å². The Morgan fingerprint density at radius 1 is 1.59 bits per heavy atom. The van der Waals surface area contributed by atoms with Crippen molar-refractivity contribution in [2.24, 2.45) is 0 Å². The SMILES string of the molecule is COc1c(Br)cc(Cl)cc1N1CC(O)CC1=O. The van der Waals surface area contributed by atoms with Gasteiger partial charge in [0.25, 0.3) is 0 Å². The molecule has 1 aromatic carbocycles. The Bertz CT molecular complexity index is 466. The normalized spacial score (nSPS) is 19.9. The van der Waals surface area contributed by atoms with E-state index < -0.39 is 6.10 Å². The molecule has 2 rings (SSSR count). The minimum atomic E-state index is -0.634. The van der Waals surface area contributed by atoms with Gasteiger partial charge in [0.2, 0.25) is 5.91 Å². The first kappa shape index (κ1) is 12.7. The van der Waals surface area contributed by atoms with Gasteiger partial charge in [-0.25, -0.2) is 0 Å². The van der Waals surface area contributed by atoms with Gasteiger partial charge in [0.15, 0.2) is 5.75 Å². The number of aliphatic hydroxyl groups excluding tert-OH is 1. The Labute approximate surface area is 112 Å². The molecule has 1 aromatic rings. The van der Waals surface area contributed by atoms with Gasteiger partial charge in [0.05, 0.1) is 36.3 Å². The highest BCUT2D eigenvalue weighted by atomic mass is 79.9. The zero-order chi connectivity index (χ0) is 12.6. The maximum absolute atomic E-state index is 11.7. The Hall–Kier alpha value is -0.780. The molecule has 0 saturated carbocycles. The number of anilines is 1. The Morgan fingerprint density at radius 2 is 2.29 bits per heavy atom. The molecule has 1 unspecified atom stereocenters. The molecule has 1 fully saturated rings. The van der Waals surface area contributed by atoms with Gasteiger partial charge in [-0.1, -0.05) is 11.6 Å². The van der Waals surface area contributed by atoms with Gasteiger partial charge >= 0.3 is 0 Å². The standard InChI is InChI=1S/C11H11BrClNO3/c1-17-11-8(12)2-6(13)3-9(11)14-5-7(15)4-10(14)16/h2-3,7,15H,4-5H2,1H3. The number of hydrogen-bond donors (Lipinski definition) is 1. The largest absolute Gasteiger partial charge is 0.493 e. The van der Waals surface area contributed by atoms with Crippen LogP contribution in [0.25, 0.3) is 0 Å². The van der Waals surface area contributed by atoms with E-state index in [1.165, 1.54) is 12.0 Å². The summed E-state index contributed by atoms with van der Waals surface area (Å²) in [4.78, 5) is 13.2. The van der Waals surface area contributed by atoms with Gasteiger partial charge in [0.1, 0.15) is 0 Å². The van der Waals surface area contributed by atoms with Crippen molar-refractivity contribution in [3.8, 4) is 5.75 Å². The molecule has 1 atom stereocenters. The van der Waals surface area contributed by atoms with E-state index >= 15 is 0 Å². The summed E-state index contributed by atoms with van der Waals surface area (Å²) in [5, 5.41) is 9.99. The summed E-state index contributed by atoms with van der Waals surface area (Å²) in [6.07, 6.45) is -0.502. The third-order valence-electron chi connectivity index (χ3n) is 2.59. The van der Waals surface area contributed by atoms with Crippen molar-refractivity contribution >= 4 is 39.1 Å². The zero-order valence-corrected chi connectivity index (χ0v) is 11.5. The first-order valence-electron chi connectivity index (χ1n) is 5.04. The van der Waals surface area contributed by atoms with Crippen LogP contribution in [0, 0.1) is 0 Å². The van der Waals surface area contributed by atoms with E-state index in [-0.39, 0.29) is 18.9 Å². The number of amides is 1. The van der Waals surface area contributed by atoms with Crippen LogP contribution >= 0.6 is 27.5 Å². The third kappa shape index (κ3) is 2.41. The average Bonchev–Trinajstić information content (AvgIpc) is 2.56. The molecule has 17 heavy (non-hydrogen) atoms. The molecule has 0 aliphatic carbocycles. The molecule has 6 heteroatoms. The molecule has 4 nitrogen and oxygen atoms in total. The number of carbonyl (C=O) groups excluding carboxylic acids is 1. The molecule has 1 aliphatic heterocycles. The summed E-state index contributed by atoms with van der Waals surface area (Å²) in [5.41, 5.74) is 0.577. The van der Waals surface area contributed by atoms with Gasteiger partial charge in [-0.3, -0.25) is 4.79 Å². The van der Waals surface area contributed by atoms with Crippen LogP contribution in [-0.2, 0) is 4.79 Å². The van der Waals surface area contributed by atoms with E-state index in [1.54, 1.807) is 12.1 Å². The predicted molar refractivity (Wildman–Crippen MR) is 68.7 cm³/mol. The highest BCUT2D eigenvalue weighted by molar-refractivity contribution is 9.10. The molecule has 0 spiro atoms. The van der Waals surface area contributed by atoms with Crippen molar-refractivity contribution in [1.29, 1.82) is 0 Å². The fraction of sp³-hybridized carbons (Fsp3) is 0.364. The lowest BCUT2D eigenvalue weighted by Gasteiger charge is -2.20. The minimum Gasteiger partial charge on any atom is -0.493 e. The minimum absolute atomic E-state index is 0.132. The fourth-order valence-electron chi connectivity index (χ4n) is 1.87. The van der Waals surface area contributed by atoms with Gasteiger partial charge in [0, 0.05) is 5.02 Å². The molecule has 0 radical (unpaired) electrons. The average molecular weight is 321 g/mol. The highest BCUT2D eigenvalue weighted by Crippen LogP contribution is 2.40. The number of β-amino-alcohol motifs (C(OH)–C–C–N with tert-alkyl or cyclic N) is 1. The van der Waals surface area contributed by atoms with Crippen molar-refractivity contribution in [2.45, 2.75) is 12.5 Å². The van der Waals surface area contributed by atoms with Crippen LogP contribution < -0.4 is 9.64 Å². The second-order valence-corrected chi connectivity index (χ2v) is 5.09. The lowest BCUT2D eigenvalue weighted by molar-refractivity contribution is -0.117. The van der Waals surface area contributed by atoms with E-state index in [1.807, 2.05) is 0 Å². The van der Waals surface area contributed by atoms with Gasteiger partial charge < -0.3 is 14.7 Å². The van der Waals surface area contributed by atoms with E-state index in [4.69, 9.17) is 16.3 Å². The molecule has 1 saturated heterocycles. The van der Waals surface area contributed by atoms with Crippen LogP contribution in [0.4, 0.5) is 5.69 Å². The number of halogens is 2. The molecule has 1 amide bonds. The monoisotopic (exact) mass is 319 g/mol. The van der Waals surface area contributed by atoms with Crippen LogP contribution in [0.5, 0.6) is 5.75 Å². The summed E-state index contributed by atoms with van der Waals surface area (Å²) in [7, 11) is 1.52. The summed E-state index contributed by atoms with van der Waals surface area (Å²) in [5.74, 6) is 0.404. The number of methoxy groups -OCH3 is 1. The number of benzene rings is 1. The number of nitrogens with zero attached hydrogens (tertiary/aromatic N) is 1. The topological polar surface area (TPSA) is 49.8 Å². The molecule has 0 aromatic heterocycles. The Morgan fingerprint density at radius 3 is 2.82 bits per heavy atom. The van der Waals surface area contributed by atoms with Crippen molar-refractivity contribution in [1.82, 2.24) is 0 Å². The van der Waals surface area contributed by atoms with Crippen LogP contribution in [0.1, 0.15) is 6.42 Å². The molecule has 0 bridgehead atoms. The Kier molecular flexibility index (Phi) is 3.61.